The van der Waals surface area contributed by atoms with Gasteiger partial charge in [-0.25, -0.2) is 0 Å². The summed E-state index contributed by atoms with van der Waals surface area (Å²) in [6.45, 7) is 2.06. The van der Waals surface area contributed by atoms with E-state index in [1.807, 2.05) is 0 Å². The zero-order chi connectivity index (χ0) is 24.6. The number of carboxylic acids is 1. The molecule has 0 spiro atoms. The fourth-order valence-corrected chi connectivity index (χ4v) is 3.03. The average Bonchev–Trinajstić information content (AvgIpc) is 2.78. The highest BCUT2D eigenvalue weighted by molar-refractivity contribution is 5.83. The fourth-order valence-electron chi connectivity index (χ4n) is 3.03. The van der Waals surface area contributed by atoms with Crippen LogP contribution in [-0.2, 0) is 28.7 Å². The van der Waals surface area contributed by atoms with Crippen molar-refractivity contribution in [2.45, 2.75) is 70.3 Å². The van der Waals surface area contributed by atoms with Crippen LogP contribution in [0, 0.1) is 0 Å². The molecular weight excluding hydrogens is 432 g/mol. The molecule has 0 fully saturated rings. The minimum atomic E-state index is -0.725. The summed E-state index contributed by atoms with van der Waals surface area (Å²) >= 11 is 0. The van der Waals surface area contributed by atoms with Gasteiger partial charge in [-0.05, 0) is 25.8 Å². The molecule has 0 saturated carbocycles. The van der Waals surface area contributed by atoms with Gasteiger partial charge in [0, 0.05) is 19.5 Å². The number of aliphatic carboxylic acids is 1. The number of unbranched alkanes of at least 4 members (excludes halogenated alkanes) is 7. The van der Waals surface area contributed by atoms with E-state index in [2.05, 4.69) is 16.0 Å². The highest BCUT2D eigenvalue weighted by Crippen LogP contribution is 2.09. The van der Waals surface area contributed by atoms with Crippen LogP contribution in [-0.4, -0.2) is 81.4 Å². The summed E-state index contributed by atoms with van der Waals surface area (Å²) in [6, 6.07) is -0.642. The summed E-state index contributed by atoms with van der Waals surface area (Å²) in [5.74, 6) is -1.19. The first kappa shape index (κ1) is 30.8. The molecule has 0 aromatic rings. The standard InChI is InChI=1S/C22H42N4O7/c23-11-10-19(26-18-27)22(31)25-13-14-32-15-16-33-17-20(28)24-12-8-6-4-2-1-3-5-7-9-21(29)30/h18-19H,1-17,23H2,(H,24,28)(H,25,31)(H,26,27)(H,29,30)/t19-/m0/s1. The van der Waals surface area contributed by atoms with Crippen molar-refractivity contribution in [1.82, 2.24) is 16.0 Å². The fraction of sp³-hybridized carbons (Fsp3) is 0.818. The largest absolute Gasteiger partial charge is 0.481 e. The number of amides is 3. The topological polar surface area (TPSA) is 169 Å². The SMILES string of the molecule is NCC[C@H](NC=O)C(=O)NCCOCCOCC(=O)NCCCCCCCCCCC(=O)O. The van der Waals surface area contributed by atoms with Crippen molar-refractivity contribution in [2.75, 3.05) is 46.1 Å². The summed E-state index contributed by atoms with van der Waals surface area (Å²) in [5, 5.41) is 16.5. The van der Waals surface area contributed by atoms with Gasteiger partial charge in [0.2, 0.25) is 18.2 Å². The molecule has 0 rings (SSSR count). The van der Waals surface area contributed by atoms with Gasteiger partial charge in [0.25, 0.3) is 0 Å². The van der Waals surface area contributed by atoms with E-state index in [1.54, 1.807) is 0 Å². The lowest BCUT2D eigenvalue weighted by atomic mass is 10.1. The van der Waals surface area contributed by atoms with E-state index in [0.717, 1.165) is 51.4 Å². The zero-order valence-corrected chi connectivity index (χ0v) is 19.6. The number of rotatable bonds is 24. The maximum atomic E-state index is 11.8. The van der Waals surface area contributed by atoms with Crippen LogP contribution in [0.2, 0.25) is 0 Å². The maximum absolute atomic E-state index is 11.8. The second kappa shape index (κ2) is 22.9. The molecule has 0 aromatic heterocycles. The Hall–Kier alpha value is -2.24. The van der Waals surface area contributed by atoms with Crippen LogP contribution in [0.1, 0.15) is 64.2 Å². The van der Waals surface area contributed by atoms with Gasteiger partial charge in [-0.3, -0.25) is 19.2 Å². The van der Waals surface area contributed by atoms with Crippen LogP contribution in [0.15, 0.2) is 0 Å². The molecule has 0 radical (unpaired) electrons. The number of hydrogen-bond acceptors (Lipinski definition) is 7. The summed E-state index contributed by atoms with van der Waals surface area (Å²) in [4.78, 5) is 44.4. The molecule has 192 valence electrons. The van der Waals surface area contributed by atoms with E-state index in [9.17, 15) is 19.2 Å². The minimum Gasteiger partial charge on any atom is -0.481 e. The van der Waals surface area contributed by atoms with E-state index in [-0.39, 0.29) is 31.4 Å². The highest BCUT2D eigenvalue weighted by atomic mass is 16.5. The Morgan fingerprint density at radius 3 is 2.12 bits per heavy atom. The molecule has 33 heavy (non-hydrogen) atoms. The lowest BCUT2D eigenvalue weighted by molar-refractivity contribution is -0.137. The number of ether oxygens (including phenoxy) is 2. The molecule has 0 aliphatic carbocycles. The molecule has 3 amide bonds. The number of carboxylic acid groups (broad SMARTS) is 1. The van der Waals surface area contributed by atoms with Gasteiger partial charge in [-0.2, -0.15) is 0 Å². The smallest absolute Gasteiger partial charge is 0.303 e. The Kier molecular flexibility index (Phi) is 21.4. The first-order valence-corrected chi connectivity index (χ1v) is 11.8. The van der Waals surface area contributed by atoms with Crippen LogP contribution < -0.4 is 21.7 Å². The lowest BCUT2D eigenvalue weighted by Crippen LogP contribution is -2.45. The number of carbonyl (C=O) groups excluding carboxylic acids is 3. The van der Waals surface area contributed by atoms with Crippen molar-refractivity contribution in [2.24, 2.45) is 5.73 Å². The predicted octanol–water partition coefficient (Wildman–Crippen LogP) is 0.311. The van der Waals surface area contributed by atoms with Crippen molar-refractivity contribution in [3.8, 4) is 0 Å². The lowest BCUT2D eigenvalue weighted by Gasteiger charge is -2.15. The van der Waals surface area contributed by atoms with Gasteiger partial charge in [0.15, 0.2) is 0 Å². The monoisotopic (exact) mass is 474 g/mol. The molecule has 0 unspecified atom stereocenters. The van der Waals surface area contributed by atoms with Crippen molar-refractivity contribution < 1.29 is 33.8 Å². The molecule has 11 heteroatoms. The first-order valence-electron chi connectivity index (χ1n) is 11.8. The van der Waals surface area contributed by atoms with Gasteiger partial charge in [0.1, 0.15) is 12.6 Å². The van der Waals surface area contributed by atoms with Gasteiger partial charge in [0.05, 0.1) is 19.8 Å². The number of nitrogens with one attached hydrogen (secondary N) is 3. The van der Waals surface area contributed by atoms with E-state index in [4.69, 9.17) is 20.3 Å². The Morgan fingerprint density at radius 1 is 0.848 bits per heavy atom. The second-order valence-electron chi connectivity index (χ2n) is 7.69. The summed E-state index contributed by atoms with van der Waals surface area (Å²) in [7, 11) is 0. The van der Waals surface area contributed by atoms with Crippen LogP contribution in [0.25, 0.3) is 0 Å². The van der Waals surface area contributed by atoms with Gasteiger partial charge in [-0.15, -0.1) is 0 Å². The summed E-state index contributed by atoms with van der Waals surface area (Å²) in [6.07, 6.45) is 9.25. The van der Waals surface area contributed by atoms with Crippen LogP contribution >= 0.6 is 0 Å². The molecule has 1 atom stereocenters. The Balaban J connectivity index is 3.40. The first-order chi connectivity index (χ1) is 16.0. The molecule has 0 aromatic carbocycles. The molecule has 0 bridgehead atoms. The van der Waals surface area contributed by atoms with Crippen LogP contribution in [0.5, 0.6) is 0 Å². The number of hydrogen-bond donors (Lipinski definition) is 5. The third kappa shape index (κ3) is 21.4. The number of carbonyl (C=O) groups is 4. The van der Waals surface area contributed by atoms with E-state index < -0.39 is 12.0 Å². The zero-order valence-electron chi connectivity index (χ0n) is 19.6. The Labute approximate surface area is 196 Å². The third-order valence-corrected chi connectivity index (χ3v) is 4.83. The highest BCUT2D eigenvalue weighted by Gasteiger charge is 2.15. The quantitative estimate of drug-likeness (QED) is 0.0983. The van der Waals surface area contributed by atoms with Gasteiger partial charge >= 0.3 is 5.97 Å². The number of nitrogens with two attached hydrogens (primary N) is 1. The normalized spacial score (nSPS) is 11.5. The van der Waals surface area contributed by atoms with E-state index in [1.165, 1.54) is 0 Å². The summed E-state index contributed by atoms with van der Waals surface area (Å²) in [5.41, 5.74) is 5.40. The molecule has 0 aliphatic rings. The second-order valence-corrected chi connectivity index (χ2v) is 7.69. The van der Waals surface area contributed by atoms with E-state index in [0.29, 0.717) is 45.7 Å². The third-order valence-electron chi connectivity index (χ3n) is 4.83. The van der Waals surface area contributed by atoms with E-state index >= 15 is 0 Å². The Bertz CT molecular complexity index is 535. The molecule has 0 heterocycles. The molecule has 11 nitrogen and oxygen atoms in total. The minimum absolute atomic E-state index is 0.0193. The average molecular weight is 475 g/mol. The van der Waals surface area contributed by atoms with Crippen LogP contribution in [0.3, 0.4) is 0 Å². The maximum Gasteiger partial charge on any atom is 0.303 e. The van der Waals surface area contributed by atoms with Gasteiger partial charge in [-0.1, -0.05) is 38.5 Å². The molecule has 0 saturated heterocycles. The van der Waals surface area contributed by atoms with Crippen LogP contribution in [0.4, 0.5) is 0 Å². The Morgan fingerprint density at radius 2 is 1.48 bits per heavy atom. The van der Waals surface area contributed by atoms with Crippen molar-refractivity contribution in [3.05, 3.63) is 0 Å². The van der Waals surface area contributed by atoms with Crippen molar-refractivity contribution in [1.29, 1.82) is 0 Å². The molecule has 6 N–H and O–H groups in total. The van der Waals surface area contributed by atoms with Gasteiger partial charge < -0.3 is 36.3 Å². The molecular formula is C22H42N4O7. The predicted molar refractivity (Wildman–Crippen MR) is 124 cm³/mol. The molecule has 0 aliphatic heterocycles. The summed E-state index contributed by atoms with van der Waals surface area (Å²) < 4.78 is 10.6. The van der Waals surface area contributed by atoms with Crippen molar-refractivity contribution in [3.63, 3.8) is 0 Å². The van der Waals surface area contributed by atoms with Crippen molar-refractivity contribution >= 4 is 24.2 Å².